The maximum absolute atomic E-state index is 9.07. The predicted molar refractivity (Wildman–Crippen MR) is 129 cm³/mol. The minimum absolute atomic E-state index is 0.0686. The fourth-order valence-electron chi connectivity index (χ4n) is 3.62. The fraction of sp³-hybridized carbons (Fsp3) is 0.348. The van der Waals surface area contributed by atoms with E-state index in [0.717, 1.165) is 40.9 Å². The molecule has 30 heavy (non-hydrogen) atoms. The van der Waals surface area contributed by atoms with Gasteiger partial charge in [0.15, 0.2) is 0 Å². The van der Waals surface area contributed by atoms with Crippen LogP contribution < -0.4 is 11.1 Å². The molecule has 4 rings (SSSR count). The van der Waals surface area contributed by atoms with E-state index in [4.69, 9.17) is 22.4 Å². The molecule has 0 bridgehead atoms. The van der Waals surface area contributed by atoms with Crippen LogP contribution in [0.4, 0.5) is 5.69 Å². The normalized spacial score (nSPS) is 18.4. The van der Waals surface area contributed by atoms with Crippen LogP contribution in [0.15, 0.2) is 35.7 Å². The van der Waals surface area contributed by atoms with Crippen molar-refractivity contribution in [2.24, 2.45) is 5.73 Å². The van der Waals surface area contributed by atoms with Gasteiger partial charge in [0.25, 0.3) is 0 Å². The van der Waals surface area contributed by atoms with E-state index in [2.05, 4.69) is 51.8 Å². The highest BCUT2D eigenvalue weighted by atomic mass is 35.5. The van der Waals surface area contributed by atoms with Crippen LogP contribution in [0.25, 0.3) is 10.2 Å². The second-order valence-electron chi connectivity index (χ2n) is 7.29. The standard InChI is InChI=1S/C23H24ClN3OS2/c24-20-13-19(26-14-15-7-6-12-29-15)23-21(27-20)17(9-2-1-5-11-28)22(30-23)16-8-3-4-10-18(16)25/h3-4,6-7,12-13,16,18,28H,1,5,8,10-11,14,25H2,(H,26,27)/t16-,18-/m1/s1. The molecule has 0 saturated heterocycles. The van der Waals surface area contributed by atoms with Gasteiger partial charge in [-0.2, -0.15) is 0 Å². The van der Waals surface area contributed by atoms with Crippen molar-refractivity contribution in [1.82, 2.24) is 4.98 Å². The molecule has 0 fully saturated rings. The maximum Gasteiger partial charge on any atom is 0.131 e. The topological polar surface area (TPSA) is 71.2 Å². The van der Waals surface area contributed by atoms with Crippen LogP contribution in [0.2, 0.25) is 5.15 Å². The van der Waals surface area contributed by atoms with Crippen molar-refractivity contribution >= 4 is 50.2 Å². The van der Waals surface area contributed by atoms with Gasteiger partial charge >= 0.3 is 0 Å². The molecule has 3 aromatic rings. The molecule has 1 aliphatic carbocycles. The molecule has 1 aliphatic rings. The Morgan fingerprint density at radius 1 is 1.33 bits per heavy atom. The fourth-order valence-corrected chi connectivity index (χ4v) is 5.83. The van der Waals surface area contributed by atoms with Crippen LogP contribution in [-0.2, 0) is 6.54 Å². The van der Waals surface area contributed by atoms with Crippen molar-refractivity contribution in [1.29, 1.82) is 0 Å². The number of pyridine rings is 1. The lowest BCUT2D eigenvalue weighted by molar-refractivity contribution is 0.290. The number of aromatic nitrogens is 1. The van der Waals surface area contributed by atoms with Crippen molar-refractivity contribution in [2.75, 3.05) is 11.9 Å². The molecule has 0 saturated carbocycles. The number of nitrogens with zero attached hydrogens (tertiary/aromatic N) is 1. The first-order valence-electron chi connectivity index (χ1n) is 10.1. The van der Waals surface area contributed by atoms with Crippen molar-refractivity contribution < 1.29 is 5.11 Å². The maximum atomic E-state index is 9.07. The summed E-state index contributed by atoms with van der Waals surface area (Å²) in [6.07, 6.45) is 7.45. The lowest BCUT2D eigenvalue weighted by Gasteiger charge is -2.24. The molecule has 0 aliphatic heterocycles. The number of nitrogens with two attached hydrogens (primary N) is 1. The molecule has 0 spiro atoms. The molecule has 0 aromatic carbocycles. The largest absolute Gasteiger partial charge is 0.396 e. The Morgan fingerprint density at radius 3 is 2.97 bits per heavy atom. The number of halogens is 1. The second kappa shape index (κ2) is 9.95. The number of thiophene rings is 2. The van der Waals surface area contributed by atoms with E-state index >= 15 is 0 Å². The summed E-state index contributed by atoms with van der Waals surface area (Å²) in [7, 11) is 0. The van der Waals surface area contributed by atoms with Gasteiger partial charge in [-0.1, -0.05) is 41.7 Å². The Labute approximate surface area is 189 Å². The highest BCUT2D eigenvalue weighted by molar-refractivity contribution is 7.20. The van der Waals surface area contributed by atoms with Gasteiger partial charge in [-0.05, 0) is 30.7 Å². The van der Waals surface area contributed by atoms with E-state index in [9.17, 15) is 0 Å². The molecule has 4 nitrogen and oxygen atoms in total. The number of anilines is 1. The van der Waals surface area contributed by atoms with Gasteiger partial charge in [-0.15, -0.1) is 22.7 Å². The number of rotatable bonds is 6. The summed E-state index contributed by atoms with van der Waals surface area (Å²) in [5.41, 5.74) is 9.24. The number of aliphatic hydroxyl groups excluding tert-OH is 1. The zero-order chi connectivity index (χ0) is 20.9. The van der Waals surface area contributed by atoms with Gasteiger partial charge in [0.1, 0.15) is 10.7 Å². The molecule has 3 aromatic heterocycles. The molecular weight excluding hydrogens is 434 g/mol. The molecule has 0 amide bonds. The van der Waals surface area contributed by atoms with Gasteiger partial charge in [-0.3, -0.25) is 0 Å². The Balaban J connectivity index is 1.78. The van der Waals surface area contributed by atoms with Crippen LogP contribution in [-0.4, -0.2) is 22.7 Å². The Hall–Kier alpha value is -1.88. The van der Waals surface area contributed by atoms with Gasteiger partial charge in [-0.25, -0.2) is 4.98 Å². The van der Waals surface area contributed by atoms with Crippen molar-refractivity contribution in [3.05, 3.63) is 56.2 Å². The number of fused-ring (bicyclic) bond motifs is 1. The molecular formula is C23H24ClN3OS2. The zero-order valence-corrected chi connectivity index (χ0v) is 18.9. The van der Waals surface area contributed by atoms with Crippen molar-refractivity contribution in [2.45, 2.75) is 44.2 Å². The van der Waals surface area contributed by atoms with Crippen LogP contribution in [0.5, 0.6) is 0 Å². The average molecular weight is 458 g/mol. The lowest BCUT2D eigenvalue weighted by atomic mass is 9.87. The number of aliphatic hydroxyl groups is 1. The Kier molecular flexibility index (Phi) is 7.08. The van der Waals surface area contributed by atoms with Crippen LogP contribution in [0.1, 0.15) is 46.9 Å². The summed E-state index contributed by atoms with van der Waals surface area (Å²) in [5.74, 6) is 6.76. The van der Waals surface area contributed by atoms with Gasteiger partial charge in [0, 0.05) is 47.4 Å². The van der Waals surface area contributed by atoms with E-state index in [1.54, 1.807) is 22.7 Å². The number of hydrogen-bond donors (Lipinski definition) is 3. The van der Waals surface area contributed by atoms with E-state index < -0.39 is 0 Å². The molecule has 2 atom stereocenters. The molecule has 7 heteroatoms. The first-order valence-corrected chi connectivity index (χ1v) is 12.1. The van der Waals surface area contributed by atoms with Crippen LogP contribution in [0.3, 0.4) is 0 Å². The first kappa shape index (κ1) is 21.4. The number of nitrogens with one attached hydrogen (secondary N) is 1. The van der Waals surface area contributed by atoms with Crippen molar-refractivity contribution in [3.8, 4) is 11.8 Å². The summed E-state index contributed by atoms with van der Waals surface area (Å²) < 4.78 is 1.07. The summed E-state index contributed by atoms with van der Waals surface area (Å²) in [6.45, 7) is 0.884. The van der Waals surface area contributed by atoms with E-state index in [-0.39, 0.29) is 18.6 Å². The summed E-state index contributed by atoms with van der Waals surface area (Å²) in [6, 6.07) is 6.13. The zero-order valence-electron chi connectivity index (χ0n) is 16.5. The van der Waals surface area contributed by atoms with Gasteiger partial charge < -0.3 is 16.2 Å². The smallest absolute Gasteiger partial charge is 0.131 e. The third kappa shape index (κ3) is 4.72. The van der Waals surface area contributed by atoms with E-state index in [1.165, 1.54) is 9.75 Å². The van der Waals surface area contributed by atoms with Gasteiger partial charge in [0.2, 0.25) is 0 Å². The highest BCUT2D eigenvalue weighted by Gasteiger charge is 2.27. The number of unbranched alkanes of at least 4 members (excludes halogenated alkanes) is 1. The Bertz CT molecular complexity index is 1100. The first-order chi connectivity index (χ1) is 14.7. The van der Waals surface area contributed by atoms with E-state index in [1.807, 2.05) is 6.07 Å². The Morgan fingerprint density at radius 2 is 2.20 bits per heavy atom. The molecule has 4 N–H and O–H groups in total. The highest BCUT2D eigenvalue weighted by Crippen LogP contribution is 2.43. The van der Waals surface area contributed by atoms with E-state index in [0.29, 0.717) is 18.0 Å². The molecule has 3 heterocycles. The summed E-state index contributed by atoms with van der Waals surface area (Å²) >= 11 is 9.85. The number of hydrogen-bond acceptors (Lipinski definition) is 6. The van der Waals surface area contributed by atoms with Gasteiger partial charge in [0.05, 0.1) is 16.0 Å². The van der Waals surface area contributed by atoms with Crippen LogP contribution >= 0.6 is 34.3 Å². The lowest BCUT2D eigenvalue weighted by Crippen LogP contribution is -2.29. The minimum Gasteiger partial charge on any atom is -0.396 e. The third-order valence-corrected chi connectivity index (χ3v) is 7.58. The predicted octanol–water partition coefficient (Wildman–Crippen LogP) is 5.51. The average Bonchev–Trinajstić information content (AvgIpc) is 3.38. The summed E-state index contributed by atoms with van der Waals surface area (Å²) in [4.78, 5) is 7.10. The molecule has 0 unspecified atom stereocenters. The summed E-state index contributed by atoms with van der Waals surface area (Å²) in [5, 5.41) is 15.1. The van der Waals surface area contributed by atoms with Crippen molar-refractivity contribution in [3.63, 3.8) is 0 Å². The quantitative estimate of drug-likeness (QED) is 0.197. The monoisotopic (exact) mass is 457 g/mol. The SMILES string of the molecule is N[C@@H]1CC=CC[C@H]1c1sc2c(NCc3cccs3)cc(Cl)nc2c1C#CCCCO. The number of allylic oxidation sites excluding steroid dienone is 1. The minimum atomic E-state index is 0.0686. The third-order valence-electron chi connectivity index (χ3n) is 5.16. The molecule has 156 valence electrons. The molecule has 0 radical (unpaired) electrons. The second-order valence-corrected chi connectivity index (χ2v) is 9.76. The van der Waals surface area contributed by atoms with Crippen LogP contribution in [0, 0.1) is 11.8 Å².